The number of piperidine rings is 1. The molecule has 1 aromatic rings. The lowest BCUT2D eigenvalue weighted by molar-refractivity contribution is -0.120. The lowest BCUT2D eigenvalue weighted by Gasteiger charge is -2.33. The SMILES string of the molecule is CC(=O)NC1CCCN(Cc2cccc(Br)c2)C1. The smallest absolute Gasteiger partial charge is 0.217 e. The second-order valence-electron chi connectivity index (χ2n) is 4.90. The van der Waals surface area contributed by atoms with Gasteiger partial charge in [0, 0.05) is 30.5 Å². The Morgan fingerprint density at radius 2 is 2.39 bits per heavy atom. The Morgan fingerprint density at radius 3 is 3.11 bits per heavy atom. The largest absolute Gasteiger partial charge is 0.352 e. The van der Waals surface area contributed by atoms with Crippen LogP contribution in [0.4, 0.5) is 0 Å². The summed E-state index contributed by atoms with van der Waals surface area (Å²) in [6.45, 7) is 4.61. The molecule has 0 aromatic heterocycles. The highest BCUT2D eigenvalue weighted by Crippen LogP contribution is 2.16. The molecule has 1 aliphatic rings. The molecule has 0 saturated carbocycles. The van der Waals surface area contributed by atoms with E-state index in [0.29, 0.717) is 6.04 Å². The van der Waals surface area contributed by atoms with Crippen molar-refractivity contribution in [2.45, 2.75) is 32.4 Å². The average molecular weight is 311 g/mol. The van der Waals surface area contributed by atoms with E-state index in [9.17, 15) is 4.79 Å². The predicted octanol–water partition coefficient (Wildman–Crippen LogP) is 2.55. The van der Waals surface area contributed by atoms with E-state index in [1.54, 1.807) is 6.92 Å². The molecule has 2 rings (SSSR count). The average Bonchev–Trinajstić information content (AvgIpc) is 2.28. The highest BCUT2D eigenvalue weighted by atomic mass is 79.9. The molecule has 0 spiro atoms. The van der Waals surface area contributed by atoms with E-state index in [1.807, 2.05) is 6.07 Å². The van der Waals surface area contributed by atoms with E-state index < -0.39 is 0 Å². The third kappa shape index (κ3) is 4.10. The first-order valence-electron chi connectivity index (χ1n) is 6.37. The number of benzene rings is 1. The maximum atomic E-state index is 11.1. The van der Waals surface area contributed by atoms with Crippen molar-refractivity contribution in [3.8, 4) is 0 Å². The van der Waals surface area contributed by atoms with Gasteiger partial charge in [0.15, 0.2) is 0 Å². The fraction of sp³-hybridized carbons (Fsp3) is 0.500. The van der Waals surface area contributed by atoms with Crippen molar-refractivity contribution in [1.82, 2.24) is 10.2 Å². The fourth-order valence-electron chi connectivity index (χ4n) is 2.50. The zero-order valence-corrected chi connectivity index (χ0v) is 12.2. The summed E-state index contributed by atoms with van der Waals surface area (Å²) in [5, 5.41) is 3.02. The van der Waals surface area contributed by atoms with Gasteiger partial charge in [-0.2, -0.15) is 0 Å². The Labute approximate surface area is 117 Å². The van der Waals surface area contributed by atoms with Gasteiger partial charge < -0.3 is 5.32 Å². The Balaban J connectivity index is 1.91. The Kier molecular flexibility index (Phi) is 4.78. The van der Waals surface area contributed by atoms with Crippen molar-refractivity contribution in [1.29, 1.82) is 0 Å². The summed E-state index contributed by atoms with van der Waals surface area (Å²) in [4.78, 5) is 13.5. The van der Waals surface area contributed by atoms with E-state index in [0.717, 1.165) is 36.9 Å². The molecule has 18 heavy (non-hydrogen) atoms. The van der Waals surface area contributed by atoms with Crippen molar-refractivity contribution in [3.05, 3.63) is 34.3 Å². The van der Waals surface area contributed by atoms with Crippen LogP contribution < -0.4 is 5.32 Å². The molecule has 3 nitrogen and oxygen atoms in total. The summed E-state index contributed by atoms with van der Waals surface area (Å²) < 4.78 is 1.12. The van der Waals surface area contributed by atoms with Crippen molar-refractivity contribution in [2.24, 2.45) is 0 Å². The minimum Gasteiger partial charge on any atom is -0.352 e. The third-order valence-electron chi connectivity index (χ3n) is 3.21. The van der Waals surface area contributed by atoms with Crippen molar-refractivity contribution >= 4 is 21.8 Å². The number of likely N-dealkylation sites (tertiary alicyclic amines) is 1. The van der Waals surface area contributed by atoms with Crippen LogP contribution in [0.1, 0.15) is 25.3 Å². The predicted molar refractivity (Wildman–Crippen MR) is 76.3 cm³/mol. The van der Waals surface area contributed by atoms with Crippen LogP contribution in [0.15, 0.2) is 28.7 Å². The van der Waals surface area contributed by atoms with E-state index in [1.165, 1.54) is 5.56 Å². The summed E-state index contributed by atoms with van der Waals surface area (Å²) in [6.07, 6.45) is 2.24. The standard InChI is InChI=1S/C14H19BrN2O/c1-11(18)16-14-6-3-7-17(10-14)9-12-4-2-5-13(15)8-12/h2,4-5,8,14H,3,6-7,9-10H2,1H3,(H,16,18). The van der Waals surface area contributed by atoms with Crippen LogP contribution in [-0.2, 0) is 11.3 Å². The normalized spacial score (nSPS) is 20.7. The lowest BCUT2D eigenvalue weighted by atomic mass is 10.0. The minimum absolute atomic E-state index is 0.0734. The second kappa shape index (κ2) is 6.34. The van der Waals surface area contributed by atoms with Crippen molar-refractivity contribution in [2.75, 3.05) is 13.1 Å². The molecule has 1 saturated heterocycles. The molecule has 1 N–H and O–H groups in total. The number of hydrogen-bond acceptors (Lipinski definition) is 2. The van der Waals surface area contributed by atoms with Crippen LogP contribution in [0.25, 0.3) is 0 Å². The first-order valence-corrected chi connectivity index (χ1v) is 7.16. The number of hydrogen-bond donors (Lipinski definition) is 1. The summed E-state index contributed by atoms with van der Waals surface area (Å²) in [7, 11) is 0. The summed E-state index contributed by atoms with van der Waals surface area (Å²) in [5.74, 6) is 0.0734. The van der Waals surface area contributed by atoms with Gasteiger partial charge in [-0.1, -0.05) is 28.1 Å². The van der Waals surface area contributed by atoms with E-state index >= 15 is 0 Å². The number of rotatable bonds is 3. The number of nitrogens with zero attached hydrogens (tertiary/aromatic N) is 1. The molecule has 1 heterocycles. The number of carbonyl (C=O) groups is 1. The molecule has 1 aromatic carbocycles. The summed E-state index contributed by atoms with van der Waals surface area (Å²) >= 11 is 3.50. The summed E-state index contributed by atoms with van der Waals surface area (Å²) in [5.41, 5.74) is 1.31. The van der Waals surface area contributed by atoms with Crippen molar-refractivity contribution in [3.63, 3.8) is 0 Å². The zero-order chi connectivity index (χ0) is 13.0. The van der Waals surface area contributed by atoms with Gasteiger partial charge in [-0.15, -0.1) is 0 Å². The Morgan fingerprint density at radius 1 is 1.56 bits per heavy atom. The highest BCUT2D eigenvalue weighted by Gasteiger charge is 2.20. The van der Waals surface area contributed by atoms with Crippen LogP contribution >= 0.6 is 15.9 Å². The molecule has 1 fully saturated rings. The van der Waals surface area contributed by atoms with Gasteiger partial charge in [0.2, 0.25) is 5.91 Å². The van der Waals surface area contributed by atoms with E-state index in [2.05, 4.69) is 44.3 Å². The molecule has 1 amide bonds. The van der Waals surface area contributed by atoms with Crippen LogP contribution in [-0.4, -0.2) is 29.9 Å². The molecule has 98 valence electrons. The molecular weight excluding hydrogens is 292 g/mol. The fourth-order valence-corrected chi connectivity index (χ4v) is 2.94. The minimum atomic E-state index is 0.0734. The quantitative estimate of drug-likeness (QED) is 0.930. The topological polar surface area (TPSA) is 32.3 Å². The van der Waals surface area contributed by atoms with Gasteiger partial charge in [0.25, 0.3) is 0 Å². The van der Waals surface area contributed by atoms with Gasteiger partial charge in [0.05, 0.1) is 0 Å². The van der Waals surface area contributed by atoms with Crippen LogP contribution in [0.2, 0.25) is 0 Å². The number of nitrogens with one attached hydrogen (secondary N) is 1. The molecule has 1 aliphatic heterocycles. The molecule has 4 heteroatoms. The van der Waals surface area contributed by atoms with E-state index in [-0.39, 0.29) is 5.91 Å². The van der Waals surface area contributed by atoms with Crippen LogP contribution in [0.3, 0.4) is 0 Å². The summed E-state index contributed by atoms with van der Waals surface area (Å²) in [6, 6.07) is 8.71. The number of carbonyl (C=O) groups excluding carboxylic acids is 1. The van der Waals surface area contributed by atoms with Crippen molar-refractivity contribution < 1.29 is 4.79 Å². The molecule has 1 unspecified atom stereocenters. The Bertz CT molecular complexity index is 422. The van der Waals surface area contributed by atoms with Gasteiger partial charge in [-0.05, 0) is 37.1 Å². The monoisotopic (exact) mass is 310 g/mol. The molecule has 1 atom stereocenters. The zero-order valence-electron chi connectivity index (χ0n) is 10.7. The maximum absolute atomic E-state index is 11.1. The van der Waals surface area contributed by atoms with Gasteiger partial charge in [0.1, 0.15) is 0 Å². The molecule has 0 aliphatic carbocycles. The third-order valence-corrected chi connectivity index (χ3v) is 3.70. The molecule has 0 bridgehead atoms. The second-order valence-corrected chi connectivity index (χ2v) is 5.82. The molecular formula is C14H19BrN2O. The van der Waals surface area contributed by atoms with E-state index in [4.69, 9.17) is 0 Å². The Hall–Kier alpha value is -0.870. The number of amides is 1. The first-order chi connectivity index (χ1) is 8.63. The first kappa shape index (κ1) is 13.6. The van der Waals surface area contributed by atoms with Gasteiger partial charge >= 0.3 is 0 Å². The number of halogens is 1. The van der Waals surface area contributed by atoms with Gasteiger partial charge in [-0.3, -0.25) is 9.69 Å². The highest BCUT2D eigenvalue weighted by molar-refractivity contribution is 9.10. The molecule has 0 radical (unpaired) electrons. The van der Waals surface area contributed by atoms with Crippen LogP contribution in [0.5, 0.6) is 0 Å². The lowest BCUT2D eigenvalue weighted by Crippen LogP contribution is -2.46. The maximum Gasteiger partial charge on any atom is 0.217 e. The van der Waals surface area contributed by atoms with Crippen LogP contribution in [0, 0.1) is 0 Å². The van der Waals surface area contributed by atoms with Gasteiger partial charge in [-0.25, -0.2) is 0 Å².